The minimum Gasteiger partial charge on any atom is -0.457 e. The van der Waals surface area contributed by atoms with Gasteiger partial charge in [0.15, 0.2) is 0 Å². The molecule has 0 atom stereocenters. The fourth-order valence-electron chi connectivity index (χ4n) is 4.19. The summed E-state index contributed by atoms with van der Waals surface area (Å²) >= 11 is 1.38. The Hall–Kier alpha value is -3.34. The number of benzene rings is 3. The highest BCUT2D eigenvalue weighted by Gasteiger charge is 2.42. The monoisotopic (exact) mass is 658 g/mol. The first-order valence-electron chi connectivity index (χ1n) is 13.3. The van der Waals surface area contributed by atoms with Crippen molar-refractivity contribution in [2.45, 2.75) is 40.7 Å². The number of hydroxylamine groups is 1. The Morgan fingerprint density at radius 2 is 1.48 bits per heavy atom. The molecule has 3 aromatic rings. The van der Waals surface area contributed by atoms with Crippen LogP contribution in [0.4, 0.5) is 13.2 Å². The number of halogens is 3. The van der Waals surface area contributed by atoms with Crippen molar-refractivity contribution in [2.75, 3.05) is 33.4 Å². The first-order chi connectivity index (χ1) is 20.7. The first kappa shape index (κ1) is 35.1. The van der Waals surface area contributed by atoms with E-state index in [1.54, 1.807) is 43.5 Å². The molecule has 0 unspecified atom stereocenters. The maximum atomic E-state index is 12.5. The number of methoxy groups -OCH3 is 1. The van der Waals surface area contributed by atoms with Crippen LogP contribution in [0.3, 0.4) is 0 Å². The highest BCUT2D eigenvalue weighted by Crippen LogP contribution is 2.42. The highest BCUT2D eigenvalue weighted by atomic mass is 32.2. The summed E-state index contributed by atoms with van der Waals surface area (Å²) in [4.78, 5) is 15.5. The van der Waals surface area contributed by atoms with Crippen LogP contribution in [0.25, 0.3) is 0 Å². The molecular formula is C29H33F3N2O8S2. The van der Waals surface area contributed by atoms with Crippen LogP contribution in [0.1, 0.15) is 18.4 Å². The molecule has 1 fully saturated rings. The summed E-state index contributed by atoms with van der Waals surface area (Å²) in [5, 5.41) is 9.29. The maximum absolute atomic E-state index is 12.5. The second-order valence-electron chi connectivity index (χ2n) is 9.75. The number of nitrogens with one attached hydrogen (secondary N) is 1. The van der Waals surface area contributed by atoms with Gasteiger partial charge in [-0.25, -0.2) is 5.48 Å². The van der Waals surface area contributed by atoms with E-state index in [0.717, 1.165) is 17.0 Å². The molecular weight excluding hydrogens is 625 g/mol. The summed E-state index contributed by atoms with van der Waals surface area (Å²) in [6.07, 6.45) is -3.61. The number of alkyl halides is 3. The molecule has 10 nitrogen and oxygen atoms in total. The van der Waals surface area contributed by atoms with Crippen molar-refractivity contribution in [1.82, 2.24) is 10.4 Å². The van der Waals surface area contributed by atoms with Crippen LogP contribution in [-0.2, 0) is 19.6 Å². The minimum atomic E-state index is -4.75. The van der Waals surface area contributed by atoms with Crippen LogP contribution in [0.15, 0.2) is 82.6 Å². The number of amides is 1. The van der Waals surface area contributed by atoms with Crippen LogP contribution in [-0.4, -0.2) is 73.4 Å². The van der Waals surface area contributed by atoms with Crippen molar-refractivity contribution in [2.24, 2.45) is 0 Å². The quantitative estimate of drug-likeness (QED) is 0.142. The molecule has 240 valence electrons. The Labute approximate surface area is 257 Å². The zero-order chi connectivity index (χ0) is 32.4. The molecule has 1 amide bonds. The smallest absolute Gasteiger partial charge is 0.457 e. The molecule has 4 rings (SSSR count). The molecule has 0 saturated carbocycles. The van der Waals surface area contributed by atoms with Crippen molar-refractivity contribution < 1.29 is 50.4 Å². The molecule has 0 aromatic heterocycles. The number of piperidine rings is 1. The summed E-state index contributed by atoms with van der Waals surface area (Å²) < 4.78 is 80.2. The van der Waals surface area contributed by atoms with Gasteiger partial charge in [0.25, 0.3) is 16.0 Å². The van der Waals surface area contributed by atoms with E-state index in [9.17, 15) is 31.6 Å². The van der Waals surface area contributed by atoms with E-state index in [4.69, 9.17) is 14.0 Å². The second kappa shape index (κ2) is 15.6. The fraction of sp³-hybridized carbons (Fsp3) is 0.345. The molecule has 0 spiro atoms. The molecule has 15 heteroatoms. The van der Waals surface area contributed by atoms with Gasteiger partial charge < -0.3 is 19.1 Å². The number of thioether (sulfide) groups is 1. The number of aryl methyl sites for hydroxylation is 1. The Kier molecular flexibility index (Phi) is 12.5. The van der Waals surface area contributed by atoms with E-state index in [-0.39, 0.29) is 10.6 Å². The van der Waals surface area contributed by atoms with Gasteiger partial charge in [-0.2, -0.15) is 8.42 Å². The SMILES string of the molecule is COCCN1CCC(Sc2ccc(Oc3ccc(OC(F)(F)F)cc3)cc2)(C(=O)NO)CC1.Cc1ccc(S(=O)(=O)O)cc1. The molecule has 1 aliphatic rings. The standard InChI is InChI=1S/C22H25F3N2O5S.C7H8O3S/c1-30-15-14-27-12-10-21(11-13-27,20(28)26-29)33-19-8-6-17(7-9-19)31-16-2-4-18(5-3-16)32-22(23,24)25;1-6-2-4-7(5-3-6)11(8,9)10/h2-9,29H,10-15H2,1H3,(H,26,28);2-5H,1H3,(H,8,9,10). The lowest BCUT2D eigenvalue weighted by molar-refractivity contribution is -0.274. The summed E-state index contributed by atoms with van der Waals surface area (Å²) in [5.41, 5.74) is 2.76. The van der Waals surface area contributed by atoms with Crippen molar-refractivity contribution >= 4 is 27.8 Å². The normalized spacial score (nSPS) is 15.1. The summed E-state index contributed by atoms with van der Waals surface area (Å²) in [5.74, 6) is 0.0751. The third kappa shape index (κ3) is 11.0. The summed E-state index contributed by atoms with van der Waals surface area (Å²) in [6, 6.07) is 18.1. The third-order valence-electron chi connectivity index (χ3n) is 6.54. The van der Waals surface area contributed by atoms with Crippen LogP contribution in [0.5, 0.6) is 17.2 Å². The van der Waals surface area contributed by atoms with Crippen molar-refractivity contribution in [3.63, 3.8) is 0 Å². The zero-order valence-corrected chi connectivity index (χ0v) is 25.5. The Bertz CT molecular complexity index is 1450. The number of rotatable bonds is 10. The lowest BCUT2D eigenvalue weighted by atomic mass is 9.95. The first-order valence-corrected chi connectivity index (χ1v) is 15.5. The van der Waals surface area contributed by atoms with Crippen LogP contribution in [0, 0.1) is 6.92 Å². The molecule has 1 heterocycles. The lowest BCUT2D eigenvalue weighted by Gasteiger charge is -2.39. The van der Waals surface area contributed by atoms with Gasteiger partial charge in [0.05, 0.1) is 11.5 Å². The summed E-state index contributed by atoms with van der Waals surface area (Å²) in [6.45, 7) is 4.66. The van der Waals surface area contributed by atoms with Crippen LogP contribution >= 0.6 is 11.8 Å². The Morgan fingerprint density at radius 1 is 0.955 bits per heavy atom. The number of hydrogen-bond acceptors (Lipinski definition) is 9. The highest BCUT2D eigenvalue weighted by molar-refractivity contribution is 8.01. The minimum absolute atomic E-state index is 0.0666. The van der Waals surface area contributed by atoms with Gasteiger partial charge in [0, 0.05) is 31.6 Å². The average molecular weight is 659 g/mol. The van der Waals surface area contributed by atoms with E-state index < -0.39 is 27.1 Å². The molecule has 0 bridgehead atoms. The molecule has 3 N–H and O–H groups in total. The topological polar surface area (TPSA) is 135 Å². The summed E-state index contributed by atoms with van der Waals surface area (Å²) in [7, 11) is -2.37. The van der Waals surface area contributed by atoms with E-state index in [1.165, 1.54) is 48.2 Å². The van der Waals surface area contributed by atoms with Crippen LogP contribution in [0.2, 0.25) is 0 Å². The van der Waals surface area contributed by atoms with Gasteiger partial charge >= 0.3 is 6.36 Å². The average Bonchev–Trinajstić information content (AvgIpc) is 2.98. The molecule has 1 aliphatic heterocycles. The number of ether oxygens (including phenoxy) is 3. The predicted octanol–water partition coefficient (Wildman–Crippen LogP) is 5.70. The van der Waals surface area contributed by atoms with Crippen molar-refractivity contribution in [1.29, 1.82) is 0 Å². The van der Waals surface area contributed by atoms with E-state index in [1.807, 2.05) is 12.4 Å². The molecule has 0 radical (unpaired) electrons. The zero-order valence-electron chi connectivity index (χ0n) is 23.9. The van der Waals surface area contributed by atoms with E-state index in [2.05, 4.69) is 9.64 Å². The van der Waals surface area contributed by atoms with Crippen molar-refractivity contribution in [3.05, 3.63) is 78.4 Å². The maximum Gasteiger partial charge on any atom is 0.573 e. The number of hydrogen-bond donors (Lipinski definition) is 3. The second-order valence-corrected chi connectivity index (χ2v) is 12.6. The van der Waals surface area contributed by atoms with Gasteiger partial charge in [-0.1, -0.05) is 17.7 Å². The Balaban J connectivity index is 0.000000404. The number of likely N-dealkylation sites (tertiary alicyclic amines) is 1. The number of carbonyl (C=O) groups excluding carboxylic acids is 1. The Morgan fingerprint density at radius 3 is 1.95 bits per heavy atom. The third-order valence-corrected chi connectivity index (χ3v) is 8.90. The van der Waals surface area contributed by atoms with Gasteiger partial charge in [-0.3, -0.25) is 14.6 Å². The van der Waals surface area contributed by atoms with Gasteiger partial charge in [0.2, 0.25) is 0 Å². The predicted molar refractivity (Wildman–Crippen MR) is 157 cm³/mol. The van der Waals surface area contributed by atoms with Gasteiger partial charge in [-0.15, -0.1) is 24.9 Å². The van der Waals surface area contributed by atoms with Gasteiger partial charge in [-0.05, 0) is 80.4 Å². The van der Waals surface area contributed by atoms with Crippen LogP contribution < -0.4 is 15.0 Å². The molecule has 3 aromatic carbocycles. The van der Waals surface area contributed by atoms with Crippen molar-refractivity contribution in [3.8, 4) is 17.2 Å². The number of carbonyl (C=O) groups is 1. The number of nitrogens with zero attached hydrogens (tertiary/aromatic N) is 1. The molecule has 44 heavy (non-hydrogen) atoms. The van der Waals surface area contributed by atoms with Gasteiger partial charge in [0.1, 0.15) is 22.0 Å². The largest absolute Gasteiger partial charge is 0.573 e. The lowest BCUT2D eigenvalue weighted by Crippen LogP contribution is -2.51. The molecule has 1 saturated heterocycles. The van der Waals surface area contributed by atoms with E-state index in [0.29, 0.717) is 44.0 Å². The fourth-order valence-corrected chi connectivity index (χ4v) is 5.92. The van der Waals surface area contributed by atoms with E-state index >= 15 is 0 Å². The molecule has 0 aliphatic carbocycles.